The number of aryl methyl sites for hydroxylation is 1. The predicted octanol–water partition coefficient (Wildman–Crippen LogP) is 5.51. The van der Waals surface area contributed by atoms with E-state index in [1.807, 2.05) is 56.4 Å². The minimum absolute atomic E-state index is 0.140. The standard InChI is InChI=1S/C14H14N2O2.C8H9Cl2N/c1-2-6-12-15-9-11(14(17)18)13(16-12)10-7-4-3-5-8-10;1-11-5-6-2-7(9)4-8(10)3-6/h3-5,7-9H,2,6H2,1H3,(H,17,18);2-4,11H,5H2,1H3. The van der Waals surface area contributed by atoms with Crippen molar-refractivity contribution in [3.8, 4) is 11.3 Å². The molecule has 0 aliphatic carbocycles. The van der Waals surface area contributed by atoms with Crippen molar-refractivity contribution in [2.24, 2.45) is 0 Å². The van der Waals surface area contributed by atoms with Crippen molar-refractivity contribution in [3.05, 3.63) is 81.7 Å². The summed E-state index contributed by atoms with van der Waals surface area (Å²) >= 11 is 11.5. The quantitative estimate of drug-likeness (QED) is 0.538. The van der Waals surface area contributed by atoms with E-state index in [0.717, 1.165) is 30.5 Å². The summed E-state index contributed by atoms with van der Waals surface area (Å²) in [5.74, 6) is -0.321. The van der Waals surface area contributed by atoms with E-state index in [1.165, 1.54) is 6.20 Å². The van der Waals surface area contributed by atoms with Crippen LogP contribution in [-0.2, 0) is 13.0 Å². The topological polar surface area (TPSA) is 75.1 Å². The highest BCUT2D eigenvalue weighted by molar-refractivity contribution is 6.34. The van der Waals surface area contributed by atoms with Crippen LogP contribution in [0, 0.1) is 0 Å². The van der Waals surface area contributed by atoms with E-state index in [0.29, 0.717) is 21.6 Å². The molecule has 0 bridgehead atoms. The van der Waals surface area contributed by atoms with Gasteiger partial charge in [-0.1, -0.05) is 60.5 Å². The third kappa shape index (κ3) is 7.13. The number of carboxylic acid groups (broad SMARTS) is 1. The Hall–Kier alpha value is -2.47. The van der Waals surface area contributed by atoms with Crippen molar-refractivity contribution in [2.75, 3.05) is 7.05 Å². The van der Waals surface area contributed by atoms with Crippen LogP contribution in [0.25, 0.3) is 11.3 Å². The molecule has 0 spiro atoms. The molecule has 2 aromatic carbocycles. The number of carboxylic acids is 1. The van der Waals surface area contributed by atoms with Gasteiger partial charge in [0.25, 0.3) is 0 Å². The zero-order valence-corrected chi connectivity index (χ0v) is 17.8. The van der Waals surface area contributed by atoms with Crippen molar-refractivity contribution in [2.45, 2.75) is 26.3 Å². The molecule has 0 aliphatic heterocycles. The summed E-state index contributed by atoms with van der Waals surface area (Å²) in [6, 6.07) is 14.8. The SMILES string of the molecule is CCCc1ncc(C(=O)O)c(-c2ccccc2)n1.CNCc1cc(Cl)cc(Cl)c1. The molecule has 0 fully saturated rings. The molecule has 3 rings (SSSR count). The normalized spacial score (nSPS) is 10.2. The van der Waals surface area contributed by atoms with Crippen LogP contribution in [0.3, 0.4) is 0 Å². The fourth-order valence-electron chi connectivity index (χ4n) is 2.65. The number of nitrogens with zero attached hydrogens (tertiary/aromatic N) is 2. The van der Waals surface area contributed by atoms with Crippen LogP contribution in [0.2, 0.25) is 10.0 Å². The molecule has 7 heteroatoms. The summed E-state index contributed by atoms with van der Waals surface area (Å²) in [4.78, 5) is 19.6. The monoisotopic (exact) mass is 431 g/mol. The lowest BCUT2D eigenvalue weighted by molar-refractivity contribution is 0.0697. The van der Waals surface area contributed by atoms with E-state index in [1.54, 1.807) is 6.07 Å². The molecular weight excluding hydrogens is 409 g/mol. The Bertz CT molecular complexity index is 930. The Morgan fingerprint density at radius 1 is 1.10 bits per heavy atom. The minimum atomic E-state index is -1.00. The van der Waals surface area contributed by atoms with Gasteiger partial charge in [0.2, 0.25) is 0 Å². The molecule has 2 N–H and O–H groups in total. The van der Waals surface area contributed by atoms with Crippen molar-refractivity contribution in [1.82, 2.24) is 15.3 Å². The number of benzene rings is 2. The van der Waals surface area contributed by atoms with Crippen molar-refractivity contribution < 1.29 is 9.90 Å². The van der Waals surface area contributed by atoms with Crippen LogP contribution in [0.15, 0.2) is 54.7 Å². The molecule has 1 heterocycles. The minimum Gasteiger partial charge on any atom is -0.478 e. The summed E-state index contributed by atoms with van der Waals surface area (Å²) in [5, 5.41) is 13.6. The number of aromatic carboxylic acids is 1. The number of halogens is 2. The first-order chi connectivity index (χ1) is 13.9. The lowest BCUT2D eigenvalue weighted by atomic mass is 10.1. The second-order valence-electron chi connectivity index (χ2n) is 6.28. The molecule has 0 atom stereocenters. The highest BCUT2D eigenvalue weighted by atomic mass is 35.5. The molecule has 0 amide bonds. The molecular formula is C22H23Cl2N3O2. The summed E-state index contributed by atoms with van der Waals surface area (Å²) in [6.45, 7) is 2.83. The van der Waals surface area contributed by atoms with Crippen LogP contribution in [0.5, 0.6) is 0 Å². The third-order valence-corrected chi connectivity index (χ3v) is 4.33. The van der Waals surface area contributed by atoms with Crippen LogP contribution in [-0.4, -0.2) is 28.1 Å². The van der Waals surface area contributed by atoms with Crippen molar-refractivity contribution >= 4 is 29.2 Å². The van der Waals surface area contributed by atoms with Crippen molar-refractivity contribution in [1.29, 1.82) is 0 Å². The highest BCUT2D eigenvalue weighted by Crippen LogP contribution is 2.21. The summed E-state index contributed by atoms with van der Waals surface area (Å²) < 4.78 is 0. The van der Waals surface area contributed by atoms with Crippen LogP contribution in [0.4, 0.5) is 0 Å². The van der Waals surface area contributed by atoms with E-state index in [-0.39, 0.29) is 5.56 Å². The summed E-state index contributed by atoms with van der Waals surface area (Å²) in [6.07, 6.45) is 3.07. The van der Waals surface area contributed by atoms with Gasteiger partial charge < -0.3 is 10.4 Å². The van der Waals surface area contributed by atoms with Crippen molar-refractivity contribution in [3.63, 3.8) is 0 Å². The first kappa shape index (κ1) is 22.8. The average Bonchev–Trinajstić information content (AvgIpc) is 2.69. The summed E-state index contributed by atoms with van der Waals surface area (Å²) in [7, 11) is 1.88. The van der Waals surface area contributed by atoms with Crippen LogP contribution in [0.1, 0.15) is 35.1 Å². The zero-order chi connectivity index (χ0) is 21.2. The lowest BCUT2D eigenvalue weighted by Crippen LogP contribution is -2.06. The van der Waals surface area contributed by atoms with E-state index >= 15 is 0 Å². The number of carbonyl (C=O) groups is 1. The fourth-order valence-corrected chi connectivity index (χ4v) is 3.22. The van der Waals surface area contributed by atoms with Gasteiger partial charge in [0.05, 0.1) is 5.69 Å². The molecule has 0 saturated carbocycles. The maximum atomic E-state index is 11.2. The van der Waals surface area contributed by atoms with Gasteiger partial charge in [-0.25, -0.2) is 14.8 Å². The number of rotatable bonds is 6. The zero-order valence-electron chi connectivity index (χ0n) is 16.3. The van der Waals surface area contributed by atoms with Crippen LogP contribution >= 0.6 is 23.2 Å². The van der Waals surface area contributed by atoms with Gasteiger partial charge in [-0.3, -0.25) is 0 Å². The van der Waals surface area contributed by atoms with Gasteiger partial charge in [-0.2, -0.15) is 0 Å². The Balaban J connectivity index is 0.000000234. The predicted molar refractivity (Wildman–Crippen MR) is 118 cm³/mol. The number of aromatic nitrogens is 2. The Kier molecular flexibility index (Phi) is 9.06. The molecule has 0 aliphatic rings. The van der Waals surface area contributed by atoms with E-state index in [2.05, 4.69) is 15.3 Å². The Labute approximate surface area is 180 Å². The van der Waals surface area contributed by atoms with E-state index < -0.39 is 5.97 Å². The largest absolute Gasteiger partial charge is 0.478 e. The highest BCUT2D eigenvalue weighted by Gasteiger charge is 2.14. The first-order valence-electron chi connectivity index (χ1n) is 9.18. The molecule has 1 aromatic heterocycles. The first-order valence-corrected chi connectivity index (χ1v) is 9.94. The van der Waals surface area contributed by atoms with Gasteiger partial charge in [0.1, 0.15) is 11.4 Å². The molecule has 152 valence electrons. The van der Waals surface area contributed by atoms with Crippen LogP contribution < -0.4 is 5.32 Å². The maximum absolute atomic E-state index is 11.2. The molecule has 5 nitrogen and oxygen atoms in total. The van der Waals surface area contributed by atoms with Gasteiger partial charge in [0.15, 0.2) is 0 Å². The Morgan fingerprint density at radius 3 is 2.31 bits per heavy atom. The molecule has 0 radical (unpaired) electrons. The summed E-state index contributed by atoms with van der Waals surface area (Å²) in [5.41, 5.74) is 2.53. The second-order valence-corrected chi connectivity index (χ2v) is 7.15. The third-order valence-electron chi connectivity index (χ3n) is 3.89. The van der Waals surface area contributed by atoms with Gasteiger partial charge >= 0.3 is 5.97 Å². The fraction of sp³-hybridized carbons (Fsp3) is 0.227. The maximum Gasteiger partial charge on any atom is 0.339 e. The Morgan fingerprint density at radius 2 is 1.76 bits per heavy atom. The van der Waals surface area contributed by atoms with E-state index in [9.17, 15) is 4.79 Å². The molecule has 29 heavy (non-hydrogen) atoms. The smallest absolute Gasteiger partial charge is 0.339 e. The van der Waals surface area contributed by atoms with E-state index in [4.69, 9.17) is 28.3 Å². The molecule has 3 aromatic rings. The number of hydrogen-bond donors (Lipinski definition) is 2. The second kappa shape index (κ2) is 11.5. The van der Waals surface area contributed by atoms with Gasteiger partial charge in [-0.15, -0.1) is 0 Å². The lowest BCUT2D eigenvalue weighted by Gasteiger charge is -2.07. The average molecular weight is 432 g/mol. The number of hydrogen-bond acceptors (Lipinski definition) is 4. The van der Waals surface area contributed by atoms with Gasteiger partial charge in [-0.05, 0) is 37.2 Å². The molecule has 0 saturated heterocycles. The molecule has 0 unspecified atom stereocenters. The van der Waals surface area contributed by atoms with Gasteiger partial charge in [0, 0.05) is 34.8 Å². The number of nitrogens with one attached hydrogen (secondary N) is 1.